The maximum Gasteiger partial charge on any atom is 0.245 e. The maximum atomic E-state index is 12.8. The van der Waals surface area contributed by atoms with Gasteiger partial charge in [-0.2, -0.15) is 11.8 Å². The molecule has 4 heteroatoms. The van der Waals surface area contributed by atoms with Gasteiger partial charge >= 0.3 is 0 Å². The van der Waals surface area contributed by atoms with Crippen LogP contribution in [0.2, 0.25) is 0 Å². The van der Waals surface area contributed by atoms with E-state index in [-0.39, 0.29) is 18.1 Å². The zero-order valence-electron chi connectivity index (χ0n) is 12.6. The predicted octanol–water partition coefficient (Wildman–Crippen LogP) is 3.18. The molecule has 3 nitrogen and oxygen atoms in total. The molecule has 1 aromatic carbocycles. The van der Waals surface area contributed by atoms with E-state index in [0.29, 0.717) is 5.25 Å². The molecule has 0 radical (unpaired) electrons. The van der Waals surface area contributed by atoms with Crippen molar-refractivity contribution >= 4 is 17.7 Å². The summed E-state index contributed by atoms with van der Waals surface area (Å²) in [6, 6.07) is 9.95. The fourth-order valence-electron chi connectivity index (χ4n) is 3.29. The Morgan fingerprint density at radius 2 is 2.14 bits per heavy atom. The molecule has 2 aliphatic rings. The van der Waals surface area contributed by atoms with Crippen LogP contribution < -0.4 is 5.32 Å². The van der Waals surface area contributed by atoms with E-state index in [1.54, 1.807) is 0 Å². The fraction of sp³-hybridized carbons (Fsp3) is 0.588. The molecule has 0 saturated carbocycles. The molecule has 21 heavy (non-hydrogen) atoms. The van der Waals surface area contributed by atoms with Gasteiger partial charge in [-0.25, -0.2) is 0 Å². The summed E-state index contributed by atoms with van der Waals surface area (Å²) in [5.74, 6) is 1.51. The number of hydrogen-bond donors (Lipinski definition) is 1. The highest BCUT2D eigenvalue weighted by Crippen LogP contribution is 2.31. The minimum Gasteiger partial charge on any atom is -0.324 e. The van der Waals surface area contributed by atoms with Crippen LogP contribution in [0.1, 0.15) is 44.2 Å². The van der Waals surface area contributed by atoms with E-state index < -0.39 is 0 Å². The second-order valence-electron chi connectivity index (χ2n) is 5.94. The SMILES string of the molecule is CCCC1NC(c2ccccc2)C(=O)N1CC1CCCS1. The van der Waals surface area contributed by atoms with Crippen molar-refractivity contribution in [2.75, 3.05) is 12.3 Å². The zero-order valence-corrected chi connectivity index (χ0v) is 13.4. The second-order valence-corrected chi connectivity index (χ2v) is 7.35. The number of amides is 1. The van der Waals surface area contributed by atoms with Crippen molar-refractivity contribution in [2.45, 2.75) is 50.1 Å². The second kappa shape index (κ2) is 6.84. The lowest BCUT2D eigenvalue weighted by Crippen LogP contribution is -2.40. The van der Waals surface area contributed by atoms with Gasteiger partial charge in [-0.05, 0) is 30.6 Å². The summed E-state index contributed by atoms with van der Waals surface area (Å²) in [7, 11) is 0. The lowest BCUT2D eigenvalue weighted by Gasteiger charge is -2.26. The van der Waals surface area contributed by atoms with Crippen LogP contribution in [-0.4, -0.2) is 34.5 Å². The third-order valence-electron chi connectivity index (χ3n) is 4.38. The number of nitrogens with zero attached hydrogens (tertiary/aromatic N) is 1. The number of carbonyl (C=O) groups excluding carboxylic acids is 1. The van der Waals surface area contributed by atoms with Crippen LogP contribution in [-0.2, 0) is 4.79 Å². The van der Waals surface area contributed by atoms with Crippen LogP contribution in [0.3, 0.4) is 0 Å². The fourth-order valence-corrected chi connectivity index (χ4v) is 4.56. The van der Waals surface area contributed by atoms with Gasteiger partial charge in [0.2, 0.25) is 5.91 Å². The summed E-state index contributed by atoms with van der Waals surface area (Å²) in [5, 5.41) is 4.18. The summed E-state index contributed by atoms with van der Waals surface area (Å²) in [5.41, 5.74) is 1.09. The Labute approximate surface area is 131 Å². The topological polar surface area (TPSA) is 32.3 Å². The van der Waals surface area contributed by atoms with E-state index >= 15 is 0 Å². The van der Waals surface area contributed by atoms with Gasteiger partial charge in [0.25, 0.3) is 0 Å². The van der Waals surface area contributed by atoms with E-state index in [4.69, 9.17) is 0 Å². The lowest BCUT2D eigenvalue weighted by molar-refractivity contribution is -0.130. The first-order valence-electron chi connectivity index (χ1n) is 8.02. The molecule has 0 bridgehead atoms. The van der Waals surface area contributed by atoms with E-state index in [2.05, 4.69) is 17.1 Å². The van der Waals surface area contributed by atoms with Crippen LogP contribution in [0.25, 0.3) is 0 Å². The zero-order chi connectivity index (χ0) is 14.7. The van der Waals surface area contributed by atoms with Gasteiger partial charge in [0.1, 0.15) is 6.04 Å². The van der Waals surface area contributed by atoms with Crippen molar-refractivity contribution in [1.29, 1.82) is 0 Å². The number of rotatable bonds is 5. The van der Waals surface area contributed by atoms with E-state index in [9.17, 15) is 4.79 Å². The molecule has 1 N–H and O–H groups in total. The Balaban J connectivity index is 1.75. The first kappa shape index (κ1) is 14.9. The third-order valence-corrected chi connectivity index (χ3v) is 5.77. The van der Waals surface area contributed by atoms with Crippen molar-refractivity contribution in [3.05, 3.63) is 35.9 Å². The van der Waals surface area contributed by atoms with Crippen LogP contribution in [0, 0.1) is 0 Å². The first-order chi connectivity index (χ1) is 10.3. The highest BCUT2D eigenvalue weighted by atomic mass is 32.2. The van der Waals surface area contributed by atoms with E-state index in [1.165, 1.54) is 18.6 Å². The number of hydrogen-bond acceptors (Lipinski definition) is 3. The lowest BCUT2D eigenvalue weighted by atomic mass is 10.1. The number of nitrogens with one attached hydrogen (secondary N) is 1. The molecule has 2 fully saturated rings. The van der Waals surface area contributed by atoms with Gasteiger partial charge in [-0.1, -0.05) is 43.7 Å². The Kier molecular flexibility index (Phi) is 4.86. The summed E-state index contributed by atoms with van der Waals surface area (Å²) in [6.45, 7) is 3.09. The molecule has 3 atom stereocenters. The Morgan fingerprint density at radius 3 is 2.81 bits per heavy atom. The molecule has 114 valence electrons. The predicted molar refractivity (Wildman–Crippen MR) is 88.2 cm³/mol. The summed E-state index contributed by atoms with van der Waals surface area (Å²) in [6.07, 6.45) is 4.89. The van der Waals surface area contributed by atoms with Gasteiger partial charge in [0, 0.05) is 11.8 Å². The monoisotopic (exact) mass is 304 g/mol. The largest absolute Gasteiger partial charge is 0.324 e. The summed E-state index contributed by atoms with van der Waals surface area (Å²) in [4.78, 5) is 14.9. The molecule has 0 aliphatic carbocycles. The average Bonchev–Trinajstić information content (AvgIpc) is 3.12. The molecule has 1 aromatic rings. The van der Waals surface area contributed by atoms with Gasteiger partial charge in [0.15, 0.2) is 0 Å². The van der Waals surface area contributed by atoms with Crippen molar-refractivity contribution in [3.63, 3.8) is 0 Å². The van der Waals surface area contributed by atoms with Crippen molar-refractivity contribution in [2.24, 2.45) is 0 Å². The molecule has 1 amide bonds. The molecule has 3 unspecified atom stereocenters. The van der Waals surface area contributed by atoms with Crippen LogP contribution in [0.5, 0.6) is 0 Å². The average molecular weight is 304 g/mol. The van der Waals surface area contributed by atoms with Crippen molar-refractivity contribution in [3.8, 4) is 0 Å². The smallest absolute Gasteiger partial charge is 0.245 e. The summed E-state index contributed by atoms with van der Waals surface area (Å²) < 4.78 is 0. The number of carbonyl (C=O) groups is 1. The first-order valence-corrected chi connectivity index (χ1v) is 9.07. The molecular weight excluding hydrogens is 280 g/mol. The Hall–Kier alpha value is -1.00. The standard InChI is InChI=1S/C17H24N2OS/c1-2-7-15-18-16(13-8-4-3-5-9-13)17(20)19(15)12-14-10-6-11-21-14/h3-5,8-9,14-16,18H,2,6-7,10-12H2,1H3. The normalized spacial score (nSPS) is 29.3. The molecule has 2 saturated heterocycles. The van der Waals surface area contributed by atoms with Gasteiger partial charge in [-0.3, -0.25) is 10.1 Å². The van der Waals surface area contributed by atoms with Crippen LogP contribution >= 0.6 is 11.8 Å². The highest BCUT2D eigenvalue weighted by molar-refractivity contribution is 8.00. The Morgan fingerprint density at radius 1 is 1.33 bits per heavy atom. The highest BCUT2D eigenvalue weighted by Gasteiger charge is 2.40. The van der Waals surface area contributed by atoms with Crippen molar-refractivity contribution < 1.29 is 4.79 Å². The molecule has 0 spiro atoms. The van der Waals surface area contributed by atoms with E-state index in [0.717, 1.165) is 24.9 Å². The molecule has 3 rings (SSSR count). The van der Waals surface area contributed by atoms with Crippen LogP contribution in [0.4, 0.5) is 0 Å². The molecular formula is C17H24N2OS. The van der Waals surface area contributed by atoms with Crippen molar-refractivity contribution in [1.82, 2.24) is 10.2 Å². The third kappa shape index (κ3) is 3.27. The van der Waals surface area contributed by atoms with Gasteiger partial charge < -0.3 is 4.90 Å². The quantitative estimate of drug-likeness (QED) is 0.907. The van der Waals surface area contributed by atoms with Gasteiger partial charge in [0.05, 0.1) is 6.17 Å². The molecule has 2 aliphatic heterocycles. The summed E-state index contributed by atoms with van der Waals surface area (Å²) >= 11 is 2.03. The van der Waals surface area contributed by atoms with Crippen LogP contribution in [0.15, 0.2) is 30.3 Å². The minimum absolute atomic E-state index is 0.158. The molecule has 2 heterocycles. The maximum absolute atomic E-state index is 12.8. The van der Waals surface area contributed by atoms with Gasteiger partial charge in [-0.15, -0.1) is 0 Å². The van der Waals surface area contributed by atoms with E-state index in [1.807, 2.05) is 42.1 Å². The number of benzene rings is 1. The molecule has 0 aromatic heterocycles. The minimum atomic E-state index is -0.158. The number of thioether (sulfide) groups is 1. The Bertz CT molecular complexity index is 473.